The molecule has 1 amide bonds. The van der Waals surface area contributed by atoms with Gasteiger partial charge in [-0.05, 0) is 36.0 Å². The molecule has 3 rings (SSSR count). The third-order valence-electron chi connectivity index (χ3n) is 4.44. The molecule has 8 nitrogen and oxygen atoms in total. The summed E-state index contributed by atoms with van der Waals surface area (Å²) in [6.45, 7) is 2.89. The van der Waals surface area contributed by atoms with Crippen LogP contribution in [0.15, 0.2) is 36.4 Å². The number of methoxy groups -OCH3 is 1. The summed E-state index contributed by atoms with van der Waals surface area (Å²) in [6, 6.07) is 10.6. The molecular weight excluding hydrogens is 400 g/mol. The lowest BCUT2D eigenvalue weighted by Crippen LogP contribution is -2.52. The van der Waals surface area contributed by atoms with Crippen molar-refractivity contribution in [3.8, 4) is 5.75 Å². The van der Waals surface area contributed by atoms with Crippen LogP contribution in [-0.4, -0.2) is 59.0 Å². The Labute approximate surface area is 171 Å². The molecule has 0 atom stereocenters. The molecule has 0 aliphatic carbocycles. The third kappa shape index (κ3) is 4.76. The maximum atomic E-state index is 12.5. The van der Waals surface area contributed by atoms with Crippen molar-refractivity contribution in [2.45, 2.75) is 6.54 Å². The minimum absolute atomic E-state index is 0.0223. The van der Waals surface area contributed by atoms with Crippen molar-refractivity contribution in [3.63, 3.8) is 0 Å². The Morgan fingerprint density at radius 3 is 2.39 bits per heavy atom. The average Bonchev–Trinajstić information content (AvgIpc) is 3.22. The van der Waals surface area contributed by atoms with Crippen molar-refractivity contribution >= 4 is 39.6 Å². The average molecular weight is 421 g/mol. The van der Waals surface area contributed by atoms with Crippen molar-refractivity contribution in [2.75, 3.05) is 33.3 Å². The maximum absolute atomic E-state index is 12.5. The van der Waals surface area contributed by atoms with E-state index in [9.17, 15) is 14.9 Å². The standard InChI is InChI=1S/C18H20N4O4S2/c1-26-14-4-2-13(3-5-14)12-19-18(27)21-10-8-20(9-11-21)17(23)15-6-7-16(28-15)22(24)25/h2-7H,8-12H2,1H3,(H,19,27). The molecular formula is C18H20N4O4S2. The molecule has 1 fully saturated rings. The van der Waals surface area contributed by atoms with Crippen molar-refractivity contribution < 1.29 is 14.5 Å². The zero-order valence-corrected chi connectivity index (χ0v) is 16.9. The van der Waals surface area contributed by atoms with Crippen LogP contribution in [0.4, 0.5) is 5.00 Å². The fourth-order valence-corrected chi connectivity index (χ4v) is 3.89. The quantitative estimate of drug-likeness (QED) is 0.452. The Morgan fingerprint density at radius 2 is 1.82 bits per heavy atom. The lowest BCUT2D eigenvalue weighted by Gasteiger charge is -2.36. The topological polar surface area (TPSA) is 88.0 Å². The highest BCUT2D eigenvalue weighted by Gasteiger charge is 2.25. The lowest BCUT2D eigenvalue weighted by molar-refractivity contribution is -0.380. The first kappa shape index (κ1) is 20.0. The van der Waals surface area contributed by atoms with Crippen LogP contribution in [0.5, 0.6) is 5.75 Å². The highest BCUT2D eigenvalue weighted by Crippen LogP contribution is 2.25. The molecule has 0 spiro atoms. The zero-order chi connectivity index (χ0) is 20.1. The second kappa shape index (κ2) is 8.98. The van der Waals surface area contributed by atoms with Crippen LogP contribution in [0.2, 0.25) is 0 Å². The summed E-state index contributed by atoms with van der Waals surface area (Å²) in [5.41, 5.74) is 1.09. The summed E-state index contributed by atoms with van der Waals surface area (Å²) in [4.78, 5) is 26.9. The molecule has 0 saturated carbocycles. The van der Waals surface area contributed by atoms with E-state index in [-0.39, 0.29) is 10.9 Å². The number of piperazine rings is 1. The van der Waals surface area contributed by atoms with Gasteiger partial charge in [0.1, 0.15) is 5.75 Å². The van der Waals surface area contributed by atoms with Gasteiger partial charge in [-0.3, -0.25) is 14.9 Å². The lowest BCUT2D eigenvalue weighted by atomic mass is 10.2. The van der Waals surface area contributed by atoms with Gasteiger partial charge in [0.05, 0.1) is 16.9 Å². The third-order valence-corrected chi connectivity index (χ3v) is 5.87. The summed E-state index contributed by atoms with van der Waals surface area (Å²) in [5, 5.41) is 14.6. The van der Waals surface area contributed by atoms with Crippen LogP contribution >= 0.6 is 23.6 Å². The molecule has 1 aliphatic rings. The molecule has 2 aromatic rings. The highest BCUT2D eigenvalue weighted by molar-refractivity contribution is 7.80. The second-order valence-electron chi connectivity index (χ2n) is 6.18. The number of carbonyl (C=O) groups is 1. The number of rotatable bonds is 5. The van der Waals surface area contributed by atoms with E-state index < -0.39 is 4.92 Å². The molecule has 0 radical (unpaired) electrons. The van der Waals surface area contributed by atoms with Gasteiger partial charge >= 0.3 is 5.00 Å². The van der Waals surface area contributed by atoms with E-state index in [1.807, 2.05) is 29.2 Å². The van der Waals surface area contributed by atoms with Crippen LogP contribution in [0, 0.1) is 10.1 Å². The molecule has 148 valence electrons. The highest BCUT2D eigenvalue weighted by atomic mass is 32.1. The van der Waals surface area contributed by atoms with Gasteiger partial charge < -0.3 is 19.9 Å². The van der Waals surface area contributed by atoms with E-state index >= 15 is 0 Å². The fourth-order valence-electron chi connectivity index (χ4n) is 2.84. The summed E-state index contributed by atoms with van der Waals surface area (Å²) in [5.74, 6) is 0.637. The Bertz CT molecular complexity index is 861. The van der Waals surface area contributed by atoms with Gasteiger partial charge in [-0.2, -0.15) is 0 Å². The van der Waals surface area contributed by atoms with Gasteiger partial charge in [0.15, 0.2) is 5.11 Å². The van der Waals surface area contributed by atoms with Gasteiger partial charge in [0.25, 0.3) is 5.91 Å². The predicted molar refractivity (Wildman–Crippen MR) is 111 cm³/mol. The monoisotopic (exact) mass is 420 g/mol. The summed E-state index contributed by atoms with van der Waals surface area (Å²) >= 11 is 6.37. The SMILES string of the molecule is COc1ccc(CNC(=S)N2CCN(C(=O)c3ccc([N+](=O)[O-])s3)CC2)cc1. The summed E-state index contributed by atoms with van der Waals surface area (Å²) in [6.07, 6.45) is 0. The number of hydrogen-bond donors (Lipinski definition) is 1. The molecule has 1 saturated heterocycles. The van der Waals surface area contributed by atoms with Crippen molar-refractivity contribution in [2.24, 2.45) is 0 Å². The largest absolute Gasteiger partial charge is 0.497 e. The van der Waals surface area contributed by atoms with E-state index in [0.717, 1.165) is 22.6 Å². The van der Waals surface area contributed by atoms with E-state index in [1.165, 1.54) is 12.1 Å². The number of thiophene rings is 1. The smallest absolute Gasteiger partial charge is 0.324 e. The maximum Gasteiger partial charge on any atom is 0.324 e. The Morgan fingerprint density at radius 1 is 1.18 bits per heavy atom. The van der Waals surface area contributed by atoms with Crippen LogP contribution < -0.4 is 10.1 Å². The van der Waals surface area contributed by atoms with E-state index in [4.69, 9.17) is 17.0 Å². The first-order valence-electron chi connectivity index (χ1n) is 8.67. The number of carbonyl (C=O) groups excluding carboxylic acids is 1. The Balaban J connectivity index is 1.47. The fraction of sp³-hybridized carbons (Fsp3) is 0.333. The minimum atomic E-state index is -0.480. The number of thiocarbonyl (C=S) groups is 1. The van der Waals surface area contributed by atoms with E-state index in [2.05, 4.69) is 5.32 Å². The van der Waals surface area contributed by atoms with Gasteiger partial charge in [-0.25, -0.2) is 0 Å². The van der Waals surface area contributed by atoms with Crippen LogP contribution in [0.25, 0.3) is 0 Å². The van der Waals surface area contributed by atoms with E-state index in [1.54, 1.807) is 12.0 Å². The van der Waals surface area contributed by atoms with E-state index in [0.29, 0.717) is 42.7 Å². The molecule has 1 aromatic heterocycles. The molecule has 28 heavy (non-hydrogen) atoms. The minimum Gasteiger partial charge on any atom is -0.497 e. The van der Waals surface area contributed by atoms with Gasteiger partial charge in [0.2, 0.25) is 0 Å². The number of ether oxygens (including phenoxy) is 1. The van der Waals surface area contributed by atoms with Gasteiger partial charge in [-0.15, -0.1) is 0 Å². The molecule has 2 heterocycles. The number of nitro groups is 1. The molecule has 1 N–H and O–H groups in total. The van der Waals surface area contributed by atoms with Crippen molar-refractivity contribution in [3.05, 3.63) is 57.0 Å². The van der Waals surface area contributed by atoms with Crippen LogP contribution in [0.1, 0.15) is 15.2 Å². The number of nitrogens with one attached hydrogen (secondary N) is 1. The molecule has 1 aromatic carbocycles. The second-order valence-corrected chi connectivity index (χ2v) is 7.63. The first-order chi connectivity index (χ1) is 13.5. The predicted octanol–water partition coefficient (Wildman–Crippen LogP) is 2.50. The molecule has 0 bridgehead atoms. The molecule has 10 heteroatoms. The first-order valence-corrected chi connectivity index (χ1v) is 9.89. The molecule has 0 unspecified atom stereocenters. The number of hydrogen-bond acceptors (Lipinski definition) is 6. The Kier molecular flexibility index (Phi) is 6.42. The van der Waals surface area contributed by atoms with Crippen LogP contribution in [-0.2, 0) is 6.54 Å². The van der Waals surface area contributed by atoms with Crippen LogP contribution in [0.3, 0.4) is 0 Å². The number of amides is 1. The zero-order valence-electron chi connectivity index (χ0n) is 15.3. The van der Waals surface area contributed by atoms with Crippen molar-refractivity contribution in [1.82, 2.24) is 15.1 Å². The number of nitrogens with zero attached hydrogens (tertiary/aromatic N) is 3. The van der Waals surface area contributed by atoms with Gasteiger partial charge in [-0.1, -0.05) is 23.5 Å². The van der Waals surface area contributed by atoms with Crippen molar-refractivity contribution in [1.29, 1.82) is 0 Å². The molecule has 1 aliphatic heterocycles. The number of benzene rings is 1. The normalized spacial score (nSPS) is 13.9. The summed E-state index contributed by atoms with van der Waals surface area (Å²) in [7, 11) is 1.63. The summed E-state index contributed by atoms with van der Waals surface area (Å²) < 4.78 is 5.15. The Hall–Kier alpha value is -2.72. The van der Waals surface area contributed by atoms with Gasteiger partial charge in [0, 0.05) is 38.8 Å².